The fourth-order valence-corrected chi connectivity index (χ4v) is 2.66. The molecule has 20 heavy (non-hydrogen) atoms. The van der Waals surface area contributed by atoms with Crippen molar-refractivity contribution in [2.45, 2.75) is 4.90 Å². The first-order valence-corrected chi connectivity index (χ1v) is 7.88. The molecule has 0 atom stereocenters. The van der Waals surface area contributed by atoms with E-state index in [4.69, 9.17) is 14.6 Å². The van der Waals surface area contributed by atoms with Crippen molar-refractivity contribution in [1.29, 1.82) is 0 Å². The van der Waals surface area contributed by atoms with E-state index in [9.17, 15) is 8.42 Å². The second-order valence-corrected chi connectivity index (χ2v) is 6.33. The molecule has 0 aliphatic heterocycles. The van der Waals surface area contributed by atoms with E-state index in [1.807, 2.05) is 0 Å². The van der Waals surface area contributed by atoms with Gasteiger partial charge in [-0.25, -0.2) is 13.6 Å². The quantitative estimate of drug-likeness (QED) is 0.912. The smallest absolute Gasteiger partial charge is 0.238 e. The summed E-state index contributed by atoms with van der Waals surface area (Å²) in [6, 6.07) is 11.4. The highest BCUT2D eigenvalue weighted by Gasteiger charge is 2.11. The molecule has 0 fully saturated rings. The van der Waals surface area contributed by atoms with Gasteiger partial charge in [0.05, 0.1) is 16.5 Å². The van der Waals surface area contributed by atoms with Crippen molar-refractivity contribution in [3.63, 3.8) is 0 Å². The molecule has 0 saturated heterocycles. The van der Waals surface area contributed by atoms with Crippen molar-refractivity contribution < 1.29 is 17.9 Å². The van der Waals surface area contributed by atoms with E-state index in [2.05, 4.69) is 15.9 Å². The fraction of sp³-hybridized carbons (Fsp3) is 0.0769. The van der Waals surface area contributed by atoms with E-state index in [0.717, 1.165) is 5.75 Å². The third kappa shape index (κ3) is 3.50. The molecule has 0 aromatic heterocycles. The summed E-state index contributed by atoms with van der Waals surface area (Å²) < 4.78 is 33.6. The Labute approximate surface area is 125 Å². The van der Waals surface area contributed by atoms with Gasteiger partial charge in [-0.15, -0.1) is 0 Å². The molecular formula is C13H12BrNO4S. The van der Waals surface area contributed by atoms with Gasteiger partial charge < -0.3 is 9.47 Å². The van der Waals surface area contributed by atoms with Crippen LogP contribution in [0.3, 0.4) is 0 Å². The number of hydrogen-bond acceptors (Lipinski definition) is 4. The highest BCUT2D eigenvalue weighted by atomic mass is 79.9. The molecular weight excluding hydrogens is 346 g/mol. The van der Waals surface area contributed by atoms with Gasteiger partial charge in [0, 0.05) is 0 Å². The van der Waals surface area contributed by atoms with Crippen LogP contribution in [0, 0.1) is 0 Å². The summed E-state index contributed by atoms with van der Waals surface area (Å²) in [5.74, 6) is 1.82. The van der Waals surface area contributed by atoms with Crippen molar-refractivity contribution in [2.24, 2.45) is 5.14 Å². The van der Waals surface area contributed by atoms with Gasteiger partial charge in [-0.05, 0) is 58.4 Å². The van der Waals surface area contributed by atoms with Crippen LogP contribution in [0.2, 0.25) is 0 Å². The number of benzene rings is 2. The molecule has 0 heterocycles. The zero-order valence-corrected chi connectivity index (χ0v) is 12.9. The monoisotopic (exact) mass is 357 g/mol. The molecule has 106 valence electrons. The SMILES string of the molecule is COc1ccc(Oc2ccc(S(N)(=O)=O)cc2Br)cc1. The number of hydrogen-bond donors (Lipinski definition) is 1. The molecule has 0 aliphatic carbocycles. The first-order valence-electron chi connectivity index (χ1n) is 5.54. The van der Waals surface area contributed by atoms with Crippen molar-refractivity contribution in [3.05, 3.63) is 46.9 Å². The first kappa shape index (κ1) is 14.8. The van der Waals surface area contributed by atoms with Crippen LogP contribution in [0.1, 0.15) is 0 Å². The van der Waals surface area contributed by atoms with Crippen LogP contribution in [0.5, 0.6) is 17.2 Å². The number of ether oxygens (including phenoxy) is 2. The Morgan fingerprint density at radius 2 is 1.65 bits per heavy atom. The molecule has 5 nitrogen and oxygen atoms in total. The molecule has 0 amide bonds. The maximum atomic E-state index is 11.2. The molecule has 0 saturated carbocycles. The zero-order valence-electron chi connectivity index (χ0n) is 10.5. The lowest BCUT2D eigenvalue weighted by atomic mass is 10.3. The standard InChI is InChI=1S/C13H12BrNO4S/c1-18-9-2-4-10(5-3-9)19-13-7-6-11(8-12(13)14)20(15,16)17/h2-8H,1H3,(H2,15,16,17). The third-order valence-electron chi connectivity index (χ3n) is 2.52. The summed E-state index contributed by atoms with van der Waals surface area (Å²) in [6.45, 7) is 0. The molecule has 0 unspecified atom stereocenters. The summed E-state index contributed by atoms with van der Waals surface area (Å²) in [5.41, 5.74) is 0. The summed E-state index contributed by atoms with van der Waals surface area (Å²) >= 11 is 3.26. The number of primary sulfonamides is 1. The van der Waals surface area contributed by atoms with Gasteiger partial charge in [0.1, 0.15) is 17.2 Å². The molecule has 0 spiro atoms. The lowest BCUT2D eigenvalue weighted by Crippen LogP contribution is -2.11. The van der Waals surface area contributed by atoms with Gasteiger partial charge in [-0.3, -0.25) is 0 Å². The number of sulfonamides is 1. The summed E-state index contributed by atoms with van der Waals surface area (Å²) in [4.78, 5) is 0.0199. The van der Waals surface area contributed by atoms with E-state index in [1.54, 1.807) is 31.4 Å². The molecule has 2 aromatic rings. The Morgan fingerprint density at radius 3 is 2.15 bits per heavy atom. The second kappa shape index (κ2) is 5.82. The zero-order chi connectivity index (χ0) is 14.8. The molecule has 2 N–H and O–H groups in total. The van der Waals surface area contributed by atoms with Crippen molar-refractivity contribution in [3.8, 4) is 17.2 Å². The van der Waals surface area contributed by atoms with E-state index in [1.165, 1.54) is 18.2 Å². The van der Waals surface area contributed by atoms with E-state index < -0.39 is 10.0 Å². The first-order chi connectivity index (χ1) is 9.40. The van der Waals surface area contributed by atoms with Crippen molar-refractivity contribution >= 4 is 26.0 Å². The normalized spacial score (nSPS) is 11.2. The number of nitrogens with two attached hydrogens (primary N) is 1. The van der Waals surface area contributed by atoms with Gasteiger partial charge in [0.2, 0.25) is 10.0 Å². The van der Waals surface area contributed by atoms with Gasteiger partial charge in [0.25, 0.3) is 0 Å². The largest absolute Gasteiger partial charge is 0.497 e. The Bertz CT molecular complexity index is 714. The Balaban J connectivity index is 2.25. The molecule has 7 heteroatoms. The van der Waals surface area contributed by atoms with Crippen LogP contribution in [0.25, 0.3) is 0 Å². The summed E-state index contributed by atoms with van der Waals surface area (Å²) in [6.07, 6.45) is 0. The summed E-state index contributed by atoms with van der Waals surface area (Å²) in [7, 11) is -2.14. The maximum absolute atomic E-state index is 11.2. The number of halogens is 1. The lowest BCUT2D eigenvalue weighted by molar-refractivity contribution is 0.412. The summed E-state index contributed by atoms with van der Waals surface area (Å²) in [5, 5.41) is 5.06. The van der Waals surface area contributed by atoms with Crippen LogP contribution in [-0.2, 0) is 10.0 Å². The van der Waals surface area contributed by atoms with E-state index >= 15 is 0 Å². The minimum absolute atomic E-state index is 0.0199. The van der Waals surface area contributed by atoms with Gasteiger partial charge in [0.15, 0.2) is 0 Å². The van der Waals surface area contributed by atoms with Crippen LogP contribution < -0.4 is 14.6 Å². The van der Waals surface area contributed by atoms with E-state index in [0.29, 0.717) is 16.0 Å². The van der Waals surface area contributed by atoms with Crippen molar-refractivity contribution in [1.82, 2.24) is 0 Å². The molecule has 2 rings (SSSR count). The molecule has 2 aromatic carbocycles. The second-order valence-electron chi connectivity index (χ2n) is 3.91. The molecule has 0 radical (unpaired) electrons. The van der Waals surface area contributed by atoms with Crippen LogP contribution in [-0.4, -0.2) is 15.5 Å². The van der Waals surface area contributed by atoms with Crippen LogP contribution in [0.4, 0.5) is 0 Å². The number of rotatable bonds is 4. The third-order valence-corrected chi connectivity index (χ3v) is 4.05. The van der Waals surface area contributed by atoms with E-state index in [-0.39, 0.29) is 4.90 Å². The molecule has 0 aliphatic rings. The van der Waals surface area contributed by atoms with Crippen LogP contribution >= 0.6 is 15.9 Å². The lowest BCUT2D eigenvalue weighted by Gasteiger charge is -2.09. The minimum Gasteiger partial charge on any atom is -0.497 e. The topological polar surface area (TPSA) is 78.6 Å². The average Bonchev–Trinajstić information content (AvgIpc) is 2.41. The van der Waals surface area contributed by atoms with Gasteiger partial charge in [-0.2, -0.15) is 0 Å². The maximum Gasteiger partial charge on any atom is 0.238 e. The minimum atomic E-state index is -3.73. The van der Waals surface area contributed by atoms with Crippen LogP contribution in [0.15, 0.2) is 51.8 Å². The highest BCUT2D eigenvalue weighted by Crippen LogP contribution is 2.32. The Hall–Kier alpha value is -1.57. The fourth-order valence-electron chi connectivity index (χ4n) is 1.51. The highest BCUT2D eigenvalue weighted by molar-refractivity contribution is 9.10. The van der Waals surface area contributed by atoms with Crippen molar-refractivity contribution in [2.75, 3.05) is 7.11 Å². The molecule has 0 bridgehead atoms. The van der Waals surface area contributed by atoms with Gasteiger partial charge >= 0.3 is 0 Å². The number of methoxy groups -OCH3 is 1. The Morgan fingerprint density at radius 1 is 1.05 bits per heavy atom. The average molecular weight is 358 g/mol. The predicted molar refractivity (Wildman–Crippen MR) is 78.6 cm³/mol. The Kier molecular flexibility index (Phi) is 4.32. The predicted octanol–water partition coefficient (Wildman–Crippen LogP) is 2.90. The van der Waals surface area contributed by atoms with Gasteiger partial charge in [-0.1, -0.05) is 0 Å².